The van der Waals surface area contributed by atoms with E-state index in [1.54, 1.807) is 10.8 Å². The third-order valence-electron chi connectivity index (χ3n) is 7.01. The number of carbonyl (C=O) groups excluding carboxylic acids is 1. The normalized spacial score (nSPS) is 25.9. The van der Waals surface area contributed by atoms with Gasteiger partial charge in [0.05, 0.1) is 12.7 Å². The maximum absolute atomic E-state index is 13.1. The molecule has 6 heteroatoms. The Morgan fingerprint density at radius 3 is 2.74 bits per heavy atom. The highest BCUT2D eigenvalue weighted by atomic mass is 16.5. The number of amides is 1. The Kier molecular flexibility index (Phi) is 5.67. The van der Waals surface area contributed by atoms with Gasteiger partial charge in [0, 0.05) is 37.9 Å². The molecule has 1 aromatic heterocycles. The molecular formula is C25H31N3O3. The van der Waals surface area contributed by atoms with Gasteiger partial charge in [0.2, 0.25) is 0 Å². The van der Waals surface area contributed by atoms with Crippen molar-refractivity contribution in [1.82, 2.24) is 14.8 Å². The summed E-state index contributed by atoms with van der Waals surface area (Å²) in [7, 11) is 0. The van der Waals surface area contributed by atoms with Crippen LogP contribution in [0, 0.1) is 12.8 Å². The Bertz CT molecular complexity index is 999. The number of rotatable bonds is 6. The maximum atomic E-state index is 13.1. The van der Waals surface area contributed by atoms with Gasteiger partial charge >= 0.3 is 0 Å². The van der Waals surface area contributed by atoms with Crippen LogP contribution in [0.3, 0.4) is 0 Å². The predicted octanol–water partition coefficient (Wildman–Crippen LogP) is 2.38. The molecule has 31 heavy (non-hydrogen) atoms. The van der Waals surface area contributed by atoms with Gasteiger partial charge in [-0.1, -0.05) is 30.3 Å². The predicted molar refractivity (Wildman–Crippen MR) is 119 cm³/mol. The average molecular weight is 422 g/mol. The van der Waals surface area contributed by atoms with Gasteiger partial charge in [-0.05, 0) is 55.7 Å². The molecule has 0 spiro atoms. The second kappa shape index (κ2) is 8.60. The van der Waals surface area contributed by atoms with Crippen LogP contribution in [0.15, 0.2) is 47.4 Å². The number of carbonyl (C=O) groups is 1. The monoisotopic (exact) mass is 421 g/mol. The Hall–Kier alpha value is -2.44. The van der Waals surface area contributed by atoms with E-state index in [1.807, 2.05) is 31.2 Å². The number of morpholine rings is 1. The third kappa shape index (κ3) is 4.46. The molecule has 2 aromatic rings. The lowest BCUT2D eigenvalue weighted by Gasteiger charge is -2.35. The van der Waals surface area contributed by atoms with Crippen LogP contribution >= 0.6 is 0 Å². The van der Waals surface area contributed by atoms with Crippen LogP contribution in [0.25, 0.3) is 0 Å². The zero-order valence-electron chi connectivity index (χ0n) is 18.1. The van der Waals surface area contributed by atoms with Gasteiger partial charge in [0.25, 0.3) is 11.5 Å². The summed E-state index contributed by atoms with van der Waals surface area (Å²) in [4.78, 5) is 28.6. The average Bonchev–Trinajstić information content (AvgIpc) is 3.54. The Labute approximate surface area is 183 Å². The van der Waals surface area contributed by atoms with Gasteiger partial charge in [-0.2, -0.15) is 0 Å². The largest absolute Gasteiger partial charge is 0.375 e. The van der Waals surface area contributed by atoms with Gasteiger partial charge in [-0.3, -0.25) is 14.5 Å². The quantitative estimate of drug-likeness (QED) is 0.778. The van der Waals surface area contributed by atoms with E-state index in [2.05, 4.69) is 22.3 Å². The molecule has 0 radical (unpaired) electrons. The Balaban J connectivity index is 1.24. The van der Waals surface area contributed by atoms with Gasteiger partial charge < -0.3 is 14.6 Å². The van der Waals surface area contributed by atoms with Crippen molar-refractivity contribution in [2.75, 3.05) is 19.7 Å². The summed E-state index contributed by atoms with van der Waals surface area (Å²) < 4.78 is 7.72. The molecule has 3 heterocycles. The minimum Gasteiger partial charge on any atom is -0.375 e. The van der Waals surface area contributed by atoms with Crippen molar-refractivity contribution in [2.24, 2.45) is 5.92 Å². The minimum atomic E-state index is -0.249. The number of pyridine rings is 1. The Morgan fingerprint density at radius 1 is 1.16 bits per heavy atom. The number of benzene rings is 1. The lowest BCUT2D eigenvalue weighted by Crippen LogP contribution is -2.47. The topological polar surface area (TPSA) is 63.6 Å². The SMILES string of the molecule is Cc1ccn(CCc2ccccc2)c(=O)c1C(=O)N[C@H]1C[C@H]2CO[C@H](C3CC3)CN2C1. The lowest BCUT2D eigenvalue weighted by molar-refractivity contribution is -0.0581. The first-order valence-corrected chi connectivity index (χ1v) is 11.5. The summed E-state index contributed by atoms with van der Waals surface area (Å²) in [6.45, 7) is 4.96. The molecule has 1 aliphatic carbocycles. The van der Waals surface area contributed by atoms with E-state index in [-0.39, 0.29) is 23.1 Å². The molecule has 3 atom stereocenters. The number of hydrogen-bond donors (Lipinski definition) is 1. The molecule has 1 N–H and O–H groups in total. The van der Waals surface area contributed by atoms with E-state index in [9.17, 15) is 9.59 Å². The van der Waals surface area contributed by atoms with E-state index in [0.29, 0.717) is 18.7 Å². The highest BCUT2D eigenvalue weighted by molar-refractivity contribution is 5.95. The van der Waals surface area contributed by atoms with Crippen molar-refractivity contribution in [3.05, 3.63) is 69.6 Å². The number of aryl methyl sites for hydroxylation is 3. The second-order valence-corrected chi connectivity index (χ2v) is 9.33. The van der Waals surface area contributed by atoms with Gasteiger partial charge in [-0.25, -0.2) is 0 Å². The molecule has 3 fully saturated rings. The molecule has 164 valence electrons. The highest BCUT2D eigenvalue weighted by Crippen LogP contribution is 2.37. The zero-order chi connectivity index (χ0) is 21.4. The number of ether oxygens (including phenoxy) is 1. The van der Waals surface area contributed by atoms with Crippen LogP contribution in [0.5, 0.6) is 0 Å². The van der Waals surface area contributed by atoms with Crippen LogP contribution in [-0.4, -0.2) is 53.3 Å². The molecule has 5 rings (SSSR count). The van der Waals surface area contributed by atoms with E-state index >= 15 is 0 Å². The number of hydrogen-bond acceptors (Lipinski definition) is 4. The van der Waals surface area contributed by atoms with E-state index in [1.165, 1.54) is 18.4 Å². The van der Waals surface area contributed by atoms with Gasteiger partial charge in [0.15, 0.2) is 0 Å². The van der Waals surface area contributed by atoms with Crippen LogP contribution in [-0.2, 0) is 17.7 Å². The molecule has 1 amide bonds. The van der Waals surface area contributed by atoms with Gasteiger partial charge in [-0.15, -0.1) is 0 Å². The number of aromatic nitrogens is 1. The first-order valence-electron chi connectivity index (χ1n) is 11.5. The van der Waals surface area contributed by atoms with Crippen molar-refractivity contribution < 1.29 is 9.53 Å². The number of nitrogens with zero attached hydrogens (tertiary/aromatic N) is 2. The highest BCUT2D eigenvalue weighted by Gasteiger charge is 2.42. The minimum absolute atomic E-state index is 0.0656. The molecule has 1 saturated carbocycles. The van der Waals surface area contributed by atoms with Gasteiger partial charge in [0.1, 0.15) is 5.56 Å². The molecule has 1 aromatic carbocycles. The molecule has 2 aliphatic heterocycles. The summed E-state index contributed by atoms with van der Waals surface area (Å²) in [6.07, 6.45) is 6.37. The van der Waals surface area contributed by atoms with Crippen molar-refractivity contribution in [2.45, 2.75) is 57.3 Å². The smallest absolute Gasteiger partial charge is 0.263 e. The summed E-state index contributed by atoms with van der Waals surface area (Å²) in [5.74, 6) is 0.483. The fourth-order valence-electron chi connectivity index (χ4n) is 5.03. The molecule has 0 bridgehead atoms. The number of fused-ring (bicyclic) bond motifs is 1. The fraction of sp³-hybridized carbons (Fsp3) is 0.520. The van der Waals surface area contributed by atoms with E-state index < -0.39 is 0 Å². The molecule has 0 unspecified atom stereocenters. The molecule has 6 nitrogen and oxygen atoms in total. The summed E-state index contributed by atoms with van der Waals surface area (Å²) in [6, 6.07) is 12.4. The zero-order valence-corrected chi connectivity index (χ0v) is 18.1. The van der Waals surface area contributed by atoms with Crippen molar-refractivity contribution in [3.8, 4) is 0 Å². The first-order chi connectivity index (χ1) is 15.1. The maximum Gasteiger partial charge on any atom is 0.263 e. The fourth-order valence-corrected chi connectivity index (χ4v) is 5.03. The van der Waals surface area contributed by atoms with Crippen LogP contribution in [0.4, 0.5) is 0 Å². The van der Waals surface area contributed by atoms with Crippen LogP contribution in [0.2, 0.25) is 0 Å². The van der Waals surface area contributed by atoms with Crippen molar-refractivity contribution >= 4 is 5.91 Å². The second-order valence-electron chi connectivity index (χ2n) is 9.33. The standard InChI is InChI=1S/C25H31N3O3/c1-17-9-11-27(12-10-18-5-3-2-4-6-18)25(30)23(17)24(29)26-20-13-21-16-31-22(19-7-8-19)15-28(21)14-20/h2-6,9,11,19-22H,7-8,10,12-16H2,1H3,(H,26,29)/t20-,21-,22-/m0/s1. The van der Waals surface area contributed by atoms with Crippen LogP contribution < -0.4 is 10.9 Å². The van der Waals surface area contributed by atoms with Crippen LogP contribution in [0.1, 0.15) is 40.7 Å². The van der Waals surface area contributed by atoms with Crippen molar-refractivity contribution in [1.29, 1.82) is 0 Å². The molecule has 2 saturated heterocycles. The summed E-state index contributed by atoms with van der Waals surface area (Å²) in [5, 5.41) is 3.14. The third-order valence-corrected chi connectivity index (χ3v) is 7.01. The van der Waals surface area contributed by atoms with E-state index in [0.717, 1.165) is 44.0 Å². The summed E-state index contributed by atoms with van der Waals surface area (Å²) >= 11 is 0. The van der Waals surface area contributed by atoms with E-state index in [4.69, 9.17) is 4.74 Å². The van der Waals surface area contributed by atoms with Crippen molar-refractivity contribution in [3.63, 3.8) is 0 Å². The Morgan fingerprint density at radius 2 is 1.97 bits per heavy atom. The number of nitrogens with one attached hydrogen (secondary N) is 1. The molecular weight excluding hydrogens is 390 g/mol. The first kappa shape index (κ1) is 20.5. The molecule has 3 aliphatic rings. The summed E-state index contributed by atoms with van der Waals surface area (Å²) in [5.41, 5.74) is 1.97. The lowest BCUT2D eigenvalue weighted by atomic mass is 10.1.